The zero-order valence-electron chi connectivity index (χ0n) is 10.8. The molecule has 1 unspecified atom stereocenters. The summed E-state index contributed by atoms with van der Waals surface area (Å²) in [5, 5.41) is 0.179. The van der Waals surface area contributed by atoms with Gasteiger partial charge in [-0.2, -0.15) is 11.8 Å². The third-order valence-corrected chi connectivity index (χ3v) is 5.14. The molecule has 4 heteroatoms. The molecule has 0 N–H and O–H groups in total. The maximum absolute atomic E-state index is 13.8. The quantitative estimate of drug-likeness (QED) is 0.828. The third-order valence-electron chi connectivity index (χ3n) is 3.83. The Morgan fingerprint density at radius 3 is 2.74 bits per heavy atom. The van der Waals surface area contributed by atoms with Crippen LogP contribution in [0.4, 0.5) is 4.39 Å². The normalized spacial score (nSPS) is 24.1. The van der Waals surface area contributed by atoms with Crippen molar-refractivity contribution >= 4 is 17.7 Å². The fourth-order valence-corrected chi connectivity index (χ4v) is 3.82. The Kier molecular flexibility index (Phi) is 3.78. The Bertz CT molecular complexity index is 475. The van der Waals surface area contributed by atoms with Crippen LogP contribution in [0.15, 0.2) is 24.3 Å². The molecule has 102 valence electrons. The van der Waals surface area contributed by atoms with Gasteiger partial charge in [-0.25, -0.2) is 4.39 Å². The summed E-state index contributed by atoms with van der Waals surface area (Å²) in [4.78, 5) is 14.0. The first kappa shape index (κ1) is 13.0. The number of benzene rings is 1. The Labute approximate surface area is 117 Å². The topological polar surface area (TPSA) is 20.3 Å². The number of thioether (sulfide) groups is 1. The first-order valence-corrected chi connectivity index (χ1v) is 7.95. The highest BCUT2D eigenvalue weighted by Crippen LogP contribution is 2.37. The van der Waals surface area contributed by atoms with E-state index in [4.69, 9.17) is 0 Å². The van der Waals surface area contributed by atoms with Gasteiger partial charge in [-0.1, -0.05) is 18.2 Å². The van der Waals surface area contributed by atoms with E-state index in [1.54, 1.807) is 17.8 Å². The molecule has 1 aromatic carbocycles. The molecule has 1 heterocycles. The van der Waals surface area contributed by atoms with Crippen LogP contribution in [0.5, 0.6) is 0 Å². The van der Waals surface area contributed by atoms with Crippen molar-refractivity contribution in [3.8, 4) is 0 Å². The minimum absolute atomic E-state index is 0.123. The molecule has 1 saturated carbocycles. The molecule has 0 radical (unpaired) electrons. The van der Waals surface area contributed by atoms with Crippen LogP contribution in [0.3, 0.4) is 0 Å². The minimum atomic E-state index is -0.123. The molecule has 1 aromatic rings. The molecule has 19 heavy (non-hydrogen) atoms. The summed E-state index contributed by atoms with van der Waals surface area (Å²) in [6.45, 7) is 1.58. The van der Waals surface area contributed by atoms with Crippen LogP contribution in [-0.2, 0) is 4.79 Å². The van der Waals surface area contributed by atoms with Crippen molar-refractivity contribution in [2.75, 3.05) is 18.8 Å². The van der Waals surface area contributed by atoms with Gasteiger partial charge in [-0.05, 0) is 25.3 Å². The number of carbonyl (C=O) groups is 1. The second-order valence-corrected chi connectivity index (χ2v) is 6.58. The predicted molar refractivity (Wildman–Crippen MR) is 75.5 cm³/mol. The summed E-state index contributed by atoms with van der Waals surface area (Å²) in [6.07, 6.45) is 2.96. The Morgan fingerprint density at radius 2 is 2.00 bits per heavy atom. The van der Waals surface area contributed by atoms with Gasteiger partial charge in [0.2, 0.25) is 5.91 Å². The molecule has 2 nitrogen and oxygen atoms in total. The van der Waals surface area contributed by atoms with Crippen molar-refractivity contribution in [3.05, 3.63) is 35.6 Å². The zero-order chi connectivity index (χ0) is 13.2. The number of amides is 1. The second-order valence-electron chi connectivity index (χ2n) is 5.27. The second kappa shape index (κ2) is 5.53. The van der Waals surface area contributed by atoms with E-state index in [0.717, 1.165) is 43.7 Å². The van der Waals surface area contributed by atoms with Crippen LogP contribution in [-0.4, -0.2) is 29.6 Å². The molecule has 0 aromatic heterocycles. The molecule has 0 bridgehead atoms. The molecule has 1 atom stereocenters. The Hall–Kier alpha value is -1.03. The first-order chi connectivity index (χ1) is 9.25. The van der Waals surface area contributed by atoms with Gasteiger partial charge in [0.1, 0.15) is 5.82 Å². The van der Waals surface area contributed by atoms with E-state index >= 15 is 0 Å². The van der Waals surface area contributed by atoms with E-state index in [1.807, 2.05) is 17.0 Å². The summed E-state index contributed by atoms with van der Waals surface area (Å²) in [7, 11) is 0. The van der Waals surface area contributed by atoms with Crippen molar-refractivity contribution in [2.24, 2.45) is 5.92 Å². The van der Waals surface area contributed by atoms with E-state index in [-0.39, 0.29) is 17.0 Å². The fraction of sp³-hybridized carbons (Fsp3) is 0.533. The van der Waals surface area contributed by atoms with Gasteiger partial charge in [-0.3, -0.25) is 4.79 Å². The molecule has 1 aliphatic carbocycles. The zero-order valence-corrected chi connectivity index (χ0v) is 11.7. The standard InChI is InChI=1S/C15H18FNOS/c16-13-4-2-1-3-12(13)14-7-8-17(9-10-19-14)15(18)11-5-6-11/h1-4,11,14H,5-10H2. The van der Waals surface area contributed by atoms with Crippen molar-refractivity contribution in [1.29, 1.82) is 0 Å². The molecule has 2 aliphatic rings. The van der Waals surface area contributed by atoms with Gasteiger partial charge >= 0.3 is 0 Å². The average Bonchev–Trinajstić information content (AvgIpc) is 3.25. The van der Waals surface area contributed by atoms with Crippen molar-refractivity contribution in [1.82, 2.24) is 4.90 Å². The van der Waals surface area contributed by atoms with Gasteiger partial charge in [0, 0.05) is 35.6 Å². The number of hydrogen-bond donors (Lipinski definition) is 0. The van der Waals surface area contributed by atoms with Crippen molar-refractivity contribution in [3.63, 3.8) is 0 Å². The monoisotopic (exact) mass is 279 g/mol. The highest BCUT2D eigenvalue weighted by atomic mass is 32.2. The van der Waals surface area contributed by atoms with Gasteiger partial charge in [-0.15, -0.1) is 0 Å². The number of rotatable bonds is 2. The van der Waals surface area contributed by atoms with Crippen LogP contribution in [0.1, 0.15) is 30.1 Å². The van der Waals surface area contributed by atoms with Gasteiger partial charge < -0.3 is 4.90 Å². The molecular formula is C15H18FNOS. The summed E-state index contributed by atoms with van der Waals surface area (Å²) < 4.78 is 13.8. The lowest BCUT2D eigenvalue weighted by molar-refractivity contribution is -0.132. The summed E-state index contributed by atoms with van der Waals surface area (Å²) >= 11 is 1.77. The molecule has 0 spiro atoms. The van der Waals surface area contributed by atoms with Gasteiger partial charge in [0.15, 0.2) is 0 Å². The molecule has 1 saturated heterocycles. The van der Waals surface area contributed by atoms with E-state index in [1.165, 1.54) is 6.07 Å². The van der Waals surface area contributed by atoms with Crippen molar-refractivity contribution < 1.29 is 9.18 Å². The summed E-state index contributed by atoms with van der Waals surface area (Å²) in [6, 6.07) is 7.00. The van der Waals surface area contributed by atoms with E-state index in [0.29, 0.717) is 5.91 Å². The van der Waals surface area contributed by atoms with Gasteiger partial charge in [0.25, 0.3) is 0 Å². The summed E-state index contributed by atoms with van der Waals surface area (Å²) in [5.74, 6) is 1.38. The van der Waals surface area contributed by atoms with Gasteiger partial charge in [0.05, 0.1) is 0 Å². The lowest BCUT2D eigenvalue weighted by atomic mass is 10.1. The average molecular weight is 279 g/mol. The Morgan fingerprint density at radius 1 is 1.21 bits per heavy atom. The predicted octanol–water partition coefficient (Wildman–Crippen LogP) is 3.24. The maximum atomic E-state index is 13.8. The maximum Gasteiger partial charge on any atom is 0.225 e. The summed E-state index contributed by atoms with van der Waals surface area (Å²) in [5.41, 5.74) is 0.785. The van der Waals surface area contributed by atoms with Crippen LogP contribution >= 0.6 is 11.8 Å². The minimum Gasteiger partial charge on any atom is -0.342 e. The van der Waals surface area contributed by atoms with Crippen LogP contribution in [0, 0.1) is 11.7 Å². The highest BCUT2D eigenvalue weighted by molar-refractivity contribution is 7.99. The number of hydrogen-bond acceptors (Lipinski definition) is 2. The molecule has 2 fully saturated rings. The fourth-order valence-electron chi connectivity index (χ4n) is 2.56. The Balaban J connectivity index is 1.67. The van der Waals surface area contributed by atoms with E-state index < -0.39 is 0 Å². The largest absolute Gasteiger partial charge is 0.342 e. The number of halogens is 1. The van der Waals surface area contributed by atoms with Crippen LogP contribution in [0.25, 0.3) is 0 Å². The smallest absolute Gasteiger partial charge is 0.225 e. The lowest BCUT2D eigenvalue weighted by Crippen LogP contribution is -2.34. The lowest BCUT2D eigenvalue weighted by Gasteiger charge is -2.20. The first-order valence-electron chi connectivity index (χ1n) is 6.90. The highest BCUT2D eigenvalue weighted by Gasteiger charge is 2.34. The van der Waals surface area contributed by atoms with E-state index in [2.05, 4.69) is 0 Å². The SMILES string of the molecule is O=C(C1CC1)N1CCSC(c2ccccc2F)CC1. The number of carbonyl (C=O) groups excluding carboxylic acids is 1. The number of nitrogens with zero attached hydrogens (tertiary/aromatic N) is 1. The van der Waals surface area contributed by atoms with Crippen LogP contribution in [0.2, 0.25) is 0 Å². The van der Waals surface area contributed by atoms with Crippen LogP contribution < -0.4 is 0 Å². The van der Waals surface area contributed by atoms with E-state index in [9.17, 15) is 9.18 Å². The molecular weight excluding hydrogens is 261 g/mol. The third kappa shape index (κ3) is 2.94. The molecule has 1 aliphatic heterocycles. The molecule has 3 rings (SSSR count). The molecule has 1 amide bonds. The van der Waals surface area contributed by atoms with Crippen molar-refractivity contribution in [2.45, 2.75) is 24.5 Å².